The van der Waals surface area contributed by atoms with E-state index >= 15 is 0 Å². The monoisotopic (exact) mass is 303 g/mol. The molecule has 1 fully saturated rings. The summed E-state index contributed by atoms with van der Waals surface area (Å²) >= 11 is 6.25. The fourth-order valence-corrected chi connectivity index (χ4v) is 2.81. The molecule has 112 valence electrons. The number of nitrogens with zero attached hydrogens (tertiary/aromatic N) is 2. The minimum atomic E-state index is -0.0244. The van der Waals surface area contributed by atoms with Gasteiger partial charge in [0.15, 0.2) is 0 Å². The van der Waals surface area contributed by atoms with Gasteiger partial charge >= 0.3 is 0 Å². The molecule has 0 spiro atoms. The van der Waals surface area contributed by atoms with Crippen LogP contribution in [0.2, 0.25) is 5.02 Å². The molecule has 4 heteroatoms. The van der Waals surface area contributed by atoms with Gasteiger partial charge in [-0.05, 0) is 31.4 Å². The summed E-state index contributed by atoms with van der Waals surface area (Å²) in [4.78, 5) is 4.86. The Morgan fingerprint density at radius 2 is 1.95 bits per heavy atom. The summed E-state index contributed by atoms with van der Waals surface area (Å²) in [6.07, 6.45) is 2.38. The Kier molecular flexibility index (Phi) is 3.28. The Balaban J connectivity index is 2.17. The standard InChI is InChI=1S/C17H22ClN3/c1-10-5-6-11(9-13(10)18)14-15(19)21(12-7-8-12)16(20-14)17(2,3)4/h5-6,9,12H,7-8,19H2,1-4H3. The molecule has 0 unspecified atom stereocenters. The van der Waals surface area contributed by atoms with Gasteiger partial charge in [-0.25, -0.2) is 4.98 Å². The van der Waals surface area contributed by atoms with E-state index < -0.39 is 0 Å². The number of benzene rings is 1. The van der Waals surface area contributed by atoms with Crippen LogP contribution in [-0.4, -0.2) is 9.55 Å². The third kappa shape index (κ3) is 2.55. The van der Waals surface area contributed by atoms with E-state index in [2.05, 4.69) is 25.3 Å². The lowest BCUT2D eigenvalue weighted by atomic mass is 9.95. The molecule has 3 rings (SSSR count). The average molecular weight is 304 g/mol. The van der Waals surface area contributed by atoms with Crippen molar-refractivity contribution in [3.05, 3.63) is 34.6 Å². The van der Waals surface area contributed by atoms with Gasteiger partial charge in [-0.3, -0.25) is 0 Å². The van der Waals surface area contributed by atoms with Crippen LogP contribution in [-0.2, 0) is 5.41 Å². The van der Waals surface area contributed by atoms with Crippen LogP contribution in [0.4, 0.5) is 5.82 Å². The molecule has 1 aliphatic carbocycles. The Labute approximate surface area is 131 Å². The Morgan fingerprint density at radius 3 is 2.48 bits per heavy atom. The fraction of sp³-hybridized carbons (Fsp3) is 0.471. The van der Waals surface area contributed by atoms with E-state index in [-0.39, 0.29) is 5.41 Å². The van der Waals surface area contributed by atoms with E-state index in [1.54, 1.807) is 0 Å². The lowest BCUT2D eigenvalue weighted by Crippen LogP contribution is -2.19. The van der Waals surface area contributed by atoms with Crippen LogP contribution in [0.25, 0.3) is 11.3 Å². The highest BCUT2D eigenvalue weighted by Gasteiger charge is 2.34. The molecule has 0 radical (unpaired) electrons. The minimum absolute atomic E-state index is 0.0244. The second-order valence-electron chi connectivity index (χ2n) is 6.98. The van der Waals surface area contributed by atoms with Gasteiger partial charge < -0.3 is 10.3 Å². The summed E-state index contributed by atoms with van der Waals surface area (Å²) in [6, 6.07) is 6.54. The first-order valence-electron chi connectivity index (χ1n) is 7.43. The number of aryl methyl sites for hydroxylation is 1. The van der Waals surface area contributed by atoms with Crippen LogP contribution in [0.1, 0.15) is 51.0 Å². The van der Waals surface area contributed by atoms with E-state index in [1.165, 1.54) is 12.8 Å². The molecule has 1 saturated carbocycles. The SMILES string of the molecule is Cc1ccc(-c2nc(C(C)(C)C)n(C3CC3)c2N)cc1Cl. The van der Waals surface area contributed by atoms with Gasteiger partial charge in [0.1, 0.15) is 17.3 Å². The predicted molar refractivity (Wildman–Crippen MR) is 88.8 cm³/mol. The molecular weight excluding hydrogens is 282 g/mol. The predicted octanol–water partition coefficient (Wildman–Crippen LogP) is 4.73. The lowest BCUT2D eigenvalue weighted by molar-refractivity contribution is 0.504. The van der Waals surface area contributed by atoms with Crippen LogP contribution in [0.15, 0.2) is 18.2 Å². The third-order valence-electron chi connectivity index (χ3n) is 3.98. The second-order valence-corrected chi connectivity index (χ2v) is 7.39. The molecule has 0 saturated heterocycles. The summed E-state index contributed by atoms with van der Waals surface area (Å²) in [5.74, 6) is 1.83. The van der Waals surface area contributed by atoms with Gasteiger partial charge in [-0.1, -0.05) is 44.5 Å². The van der Waals surface area contributed by atoms with Crippen LogP contribution in [0.3, 0.4) is 0 Å². The van der Waals surface area contributed by atoms with Gasteiger partial charge in [-0.15, -0.1) is 0 Å². The van der Waals surface area contributed by atoms with Crippen molar-refractivity contribution in [2.75, 3.05) is 5.73 Å². The number of nitrogens with two attached hydrogens (primary N) is 1. The number of rotatable bonds is 2. The highest BCUT2D eigenvalue weighted by atomic mass is 35.5. The maximum Gasteiger partial charge on any atom is 0.132 e. The highest BCUT2D eigenvalue weighted by molar-refractivity contribution is 6.31. The number of nitrogen functional groups attached to an aromatic ring is 1. The number of anilines is 1. The van der Waals surface area contributed by atoms with Gasteiger partial charge in [0.05, 0.1) is 0 Å². The average Bonchev–Trinajstić information content (AvgIpc) is 3.15. The number of aromatic nitrogens is 2. The van der Waals surface area contributed by atoms with Crippen molar-refractivity contribution >= 4 is 17.4 Å². The molecular formula is C17H22ClN3. The molecule has 1 aromatic heterocycles. The third-order valence-corrected chi connectivity index (χ3v) is 4.38. The quantitative estimate of drug-likeness (QED) is 0.872. The van der Waals surface area contributed by atoms with Gasteiger partial charge in [0.25, 0.3) is 0 Å². The van der Waals surface area contributed by atoms with Crippen molar-refractivity contribution in [2.24, 2.45) is 0 Å². The van der Waals surface area contributed by atoms with Gasteiger partial charge in [-0.2, -0.15) is 0 Å². The van der Waals surface area contributed by atoms with E-state index in [9.17, 15) is 0 Å². The summed E-state index contributed by atoms with van der Waals surface area (Å²) in [7, 11) is 0. The zero-order chi connectivity index (χ0) is 15.4. The van der Waals surface area contributed by atoms with E-state index in [0.717, 1.165) is 33.5 Å². The van der Waals surface area contributed by atoms with E-state index in [1.807, 2.05) is 25.1 Å². The van der Waals surface area contributed by atoms with Gasteiger partial charge in [0, 0.05) is 22.0 Å². The van der Waals surface area contributed by atoms with Crippen molar-refractivity contribution in [1.29, 1.82) is 0 Å². The molecule has 0 bridgehead atoms. The highest BCUT2D eigenvalue weighted by Crippen LogP contribution is 2.43. The summed E-state index contributed by atoms with van der Waals surface area (Å²) in [5.41, 5.74) is 9.31. The number of halogens is 1. The molecule has 1 heterocycles. The largest absolute Gasteiger partial charge is 0.383 e. The van der Waals surface area contributed by atoms with Crippen molar-refractivity contribution in [1.82, 2.24) is 9.55 Å². The van der Waals surface area contributed by atoms with Crippen molar-refractivity contribution in [3.63, 3.8) is 0 Å². The molecule has 1 aliphatic rings. The summed E-state index contributed by atoms with van der Waals surface area (Å²) in [6.45, 7) is 8.54. The second kappa shape index (κ2) is 4.77. The first-order chi connectivity index (χ1) is 9.79. The Hall–Kier alpha value is -1.48. The van der Waals surface area contributed by atoms with Crippen LogP contribution in [0.5, 0.6) is 0 Å². The summed E-state index contributed by atoms with van der Waals surface area (Å²) in [5, 5.41) is 0.755. The fourth-order valence-electron chi connectivity index (χ4n) is 2.63. The normalized spacial score (nSPS) is 15.5. The molecule has 0 aliphatic heterocycles. The molecule has 2 aromatic rings. The topological polar surface area (TPSA) is 43.8 Å². The summed E-state index contributed by atoms with van der Waals surface area (Å²) < 4.78 is 2.23. The molecule has 1 aromatic carbocycles. The van der Waals surface area contributed by atoms with E-state index in [4.69, 9.17) is 22.3 Å². The van der Waals surface area contributed by atoms with Crippen molar-refractivity contribution in [2.45, 2.75) is 52.0 Å². The first-order valence-corrected chi connectivity index (χ1v) is 7.81. The van der Waals surface area contributed by atoms with Crippen LogP contribution < -0.4 is 5.73 Å². The minimum Gasteiger partial charge on any atom is -0.383 e. The van der Waals surface area contributed by atoms with Gasteiger partial charge in [0.2, 0.25) is 0 Å². The van der Waals surface area contributed by atoms with E-state index in [0.29, 0.717) is 6.04 Å². The number of hydrogen-bond acceptors (Lipinski definition) is 2. The Morgan fingerprint density at radius 1 is 1.29 bits per heavy atom. The van der Waals surface area contributed by atoms with Crippen LogP contribution in [0, 0.1) is 6.92 Å². The maximum absolute atomic E-state index is 6.42. The molecule has 3 nitrogen and oxygen atoms in total. The molecule has 0 amide bonds. The number of hydrogen-bond donors (Lipinski definition) is 1. The zero-order valence-electron chi connectivity index (χ0n) is 13.1. The number of imidazole rings is 1. The molecule has 21 heavy (non-hydrogen) atoms. The van der Waals surface area contributed by atoms with Crippen molar-refractivity contribution < 1.29 is 0 Å². The lowest BCUT2D eigenvalue weighted by Gasteiger charge is -2.20. The first kappa shape index (κ1) is 14.5. The zero-order valence-corrected chi connectivity index (χ0v) is 13.8. The van der Waals surface area contributed by atoms with Crippen LogP contribution >= 0.6 is 11.6 Å². The molecule has 0 atom stereocenters. The Bertz CT molecular complexity index is 691. The smallest absolute Gasteiger partial charge is 0.132 e. The molecule has 2 N–H and O–H groups in total. The van der Waals surface area contributed by atoms with Crippen molar-refractivity contribution in [3.8, 4) is 11.3 Å². The maximum atomic E-state index is 6.42.